The number of rotatable bonds is 1. The van der Waals surface area contributed by atoms with Crippen molar-refractivity contribution in [3.05, 3.63) is 0 Å². The van der Waals surface area contributed by atoms with Gasteiger partial charge in [-0.15, -0.1) is 0 Å². The number of fused-ring (bicyclic) bond motifs is 3. The average molecular weight is 270 g/mol. The molecular weight excluding hydrogens is 248 g/mol. The molecule has 0 spiro atoms. The third-order valence-corrected chi connectivity index (χ3v) is 4.98. The van der Waals surface area contributed by atoms with Gasteiger partial charge in [0.05, 0.1) is 6.67 Å². The predicted molar refractivity (Wildman–Crippen MR) is 73.1 cm³/mol. The molecule has 2 atom stereocenters. The normalized spacial score (nSPS) is 29.2. The third-order valence-electron chi connectivity index (χ3n) is 3.85. The molecule has 0 aromatic heterocycles. The smallest absolute Gasteiger partial charge is 0.227 e. The molecule has 0 N–H and O–H groups in total. The molecule has 0 aromatic carbocycles. The van der Waals surface area contributed by atoms with Gasteiger partial charge in [0.2, 0.25) is 11.8 Å². The van der Waals surface area contributed by atoms with Crippen molar-refractivity contribution >= 4 is 23.6 Å². The van der Waals surface area contributed by atoms with E-state index in [1.54, 1.807) is 0 Å². The van der Waals surface area contributed by atoms with E-state index < -0.39 is 0 Å². The van der Waals surface area contributed by atoms with E-state index in [1.165, 1.54) is 0 Å². The van der Waals surface area contributed by atoms with Crippen LogP contribution in [0.4, 0.5) is 0 Å². The molecule has 102 valence electrons. The number of nitrogens with zero attached hydrogens (tertiary/aromatic N) is 2. The maximum absolute atomic E-state index is 12.3. The van der Waals surface area contributed by atoms with Gasteiger partial charge in [-0.25, -0.2) is 0 Å². The zero-order chi connectivity index (χ0) is 13.3. The zero-order valence-corrected chi connectivity index (χ0v) is 12.2. The molecule has 18 heavy (non-hydrogen) atoms. The maximum atomic E-state index is 12.3. The van der Waals surface area contributed by atoms with Crippen LogP contribution in [0.2, 0.25) is 0 Å². The van der Waals surface area contributed by atoms with Crippen molar-refractivity contribution in [2.75, 3.05) is 31.3 Å². The Labute approximate surface area is 113 Å². The van der Waals surface area contributed by atoms with E-state index in [-0.39, 0.29) is 23.7 Å². The lowest BCUT2D eigenvalue weighted by atomic mass is 9.94. The second kappa shape index (κ2) is 5.51. The van der Waals surface area contributed by atoms with Gasteiger partial charge in [-0.3, -0.25) is 9.59 Å². The van der Waals surface area contributed by atoms with Gasteiger partial charge in [-0.1, -0.05) is 20.8 Å². The van der Waals surface area contributed by atoms with Crippen molar-refractivity contribution in [2.24, 2.45) is 17.8 Å². The predicted octanol–water partition coefficient (Wildman–Crippen LogP) is 1.27. The summed E-state index contributed by atoms with van der Waals surface area (Å²) in [6.07, 6.45) is 0. The van der Waals surface area contributed by atoms with Gasteiger partial charge in [0.25, 0.3) is 0 Å². The Hall–Kier alpha value is -0.710. The molecule has 2 unspecified atom stereocenters. The van der Waals surface area contributed by atoms with Crippen LogP contribution in [-0.2, 0) is 9.59 Å². The molecule has 2 saturated heterocycles. The molecular formula is C13H22N2O2S. The van der Waals surface area contributed by atoms with Gasteiger partial charge in [-0.2, -0.15) is 11.8 Å². The van der Waals surface area contributed by atoms with Crippen molar-refractivity contribution < 1.29 is 9.59 Å². The van der Waals surface area contributed by atoms with Gasteiger partial charge < -0.3 is 9.80 Å². The SMILES string of the molecule is CC(C)C(=O)N1CC2CSCCN(C1)C(=O)C2C. The van der Waals surface area contributed by atoms with Gasteiger partial charge in [0.1, 0.15) is 0 Å². The van der Waals surface area contributed by atoms with Gasteiger partial charge in [0, 0.05) is 30.7 Å². The molecule has 2 aliphatic rings. The number of carbonyl (C=O) groups excluding carboxylic acids is 2. The first-order valence-corrected chi connectivity index (χ1v) is 7.81. The molecule has 2 heterocycles. The lowest BCUT2D eigenvalue weighted by Gasteiger charge is -2.28. The van der Waals surface area contributed by atoms with Crippen molar-refractivity contribution in [2.45, 2.75) is 20.8 Å². The fourth-order valence-corrected chi connectivity index (χ4v) is 3.79. The van der Waals surface area contributed by atoms with Crippen LogP contribution in [0.3, 0.4) is 0 Å². The van der Waals surface area contributed by atoms with E-state index >= 15 is 0 Å². The minimum Gasteiger partial charge on any atom is -0.324 e. The molecule has 2 aliphatic heterocycles. The van der Waals surface area contributed by atoms with E-state index in [0.717, 1.165) is 24.6 Å². The molecule has 2 rings (SSSR count). The standard InChI is InChI=1S/C13H22N2O2S/c1-9(2)12(16)15-6-11-7-18-5-4-14(8-15)13(17)10(11)3/h9-11H,4-8H2,1-3H3. The molecule has 5 heteroatoms. The second-order valence-electron chi connectivity index (χ2n) is 5.58. The summed E-state index contributed by atoms with van der Waals surface area (Å²) in [6.45, 7) is 7.83. The van der Waals surface area contributed by atoms with Crippen LogP contribution in [0.25, 0.3) is 0 Å². The molecule has 2 bridgehead atoms. The van der Waals surface area contributed by atoms with Gasteiger partial charge in [0.15, 0.2) is 0 Å². The second-order valence-corrected chi connectivity index (χ2v) is 6.73. The average Bonchev–Trinajstić information content (AvgIpc) is 2.44. The van der Waals surface area contributed by atoms with Crippen LogP contribution in [0, 0.1) is 17.8 Å². The zero-order valence-electron chi connectivity index (χ0n) is 11.4. The molecule has 0 radical (unpaired) electrons. The van der Waals surface area contributed by atoms with E-state index in [4.69, 9.17) is 0 Å². The summed E-state index contributed by atoms with van der Waals surface area (Å²) in [7, 11) is 0. The summed E-state index contributed by atoms with van der Waals surface area (Å²) >= 11 is 1.90. The van der Waals surface area contributed by atoms with E-state index in [9.17, 15) is 9.59 Å². The van der Waals surface area contributed by atoms with Gasteiger partial charge >= 0.3 is 0 Å². The van der Waals surface area contributed by atoms with Crippen molar-refractivity contribution in [3.63, 3.8) is 0 Å². The topological polar surface area (TPSA) is 40.6 Å². The molecule has 2 amide bonds. The minimum atomic E-state index is 0.00409. The molecule has 0 aliphatic carbocycles. The van der Waals surface area contributed by atoms with Crippen LogP contribution in [-0.4, -0.2) is 52.9 Å². The van der Waals surface area contributed by atoms with E-state index in [1.807, 2.05) is 42.3 Å². The van der Waals surface area contributed by atoms with Crippen LogP contribution >= 0.6 is 11.8 Å². The summed E-state index contributed by atoms with van der Waals surface area (Å²) in [5.41, 5.74) is 0. The highest BCUT2D eigenvalue weighted by Crippen LogP contribution is 2.27. The van der Waals surface area contributed by atoms with E-state index in [0.29, 0.717) is 12.6 Å². The first-order valence-electron chi connectivity index (χ1n) is 6.66. The number of hydrogen-bond donors (Lipinski definition) is 0. The number of thioether (sulfide) groups is 1. The monoisotopic (exact) mass is 270 g/mol. The van der Waals surface area contributed by atoms with Crippen LogP contribution in [0.5, 0.6) is 0 Å². The summed E-state index contributed by atoms with van der Waals surface area (Å²) in [4.78, 5) is 28.2. The Morgan fingerprint density at radius 2 is 2.17 bits per heavy atom. The molecule has 0 aromatic rings. The molecule has 4 nitrogen and oxygen atoms in total. The first-order chi connectivity index (χ1) is 8.50. The van der Waals surface area contributed by atoms with Gasteiger partial charge in [-0.05, 0) is 11.7 Å². The maximum Gasteiger partial charge on any atom is 0.227 e. The van der Waals surface area contributed by atoms with E-state index in [2.05, 4.69) is 0 Å². The lowest BCUT2D eigenvalue weighted by Crippen LogP contribution is -2.44. The highest BCUT2D eigenvalue weighted by atomic mass is 32.2. The summed E-state index contributed by atoms with van der Waals surface area (Å²) in [5.74, 6) is 2.71. The quantitative estimate of drug-likeness (QED) is 0.720. The number of carbonyl (C=O) groups is 2. The Kier molecular flexibility index (Phi) is 4.20. The van der Waals surface area contributed by atoms with Crippen LogP contribution in [0.1, 0.15) is 20.8 Å². The Bertz CT molecular complexity index is 346. The fourth-order valence-electron chi connectivity index (χ4n) is 2.58. The highest BCUT2D eigenvalue weighted by molar-refractivity contribution is 7.99. The van der Waals surface area contributed by atoms with Crippen molar-refractivity contribution in [3.8, 4) is 0 Å². The van der Waals surface area contributed by atoms with Crippen LogP contribution < -0.4 is 0 Å². The lowest BCUT2D eigenvalue weighted by molar-refractivity contribution is -0.140. The Balaban J connectivity index is 2.23. The Morgan fingerprint density at radius 3 is 2.83 bits per heavy atom. The highest BCUT2D eigenvalue weighted by Gasteiger charge is 2.37. The largest absolute Gasteiger partial charge is 0.324 e. The first kappa shape index (κ1) is 13.7. The third kappa shape index (κ3) is 2.66. The van der Waals surface area contributed by atoms with Crippen molar-refractivity contribution in [1.29, 1.82) is 0 Å². The number of hydrogen-bond acceptors (Lipinski definition) is 3. The van der Waals surface area contributed by atoms with Crippen molar-refractivity contribution in [1.82, 2.24) is 9.80 Å². The fraction of sp³-hybridized carbons (Fsp3) is 0.846. The summed E-state index contributed by atoms with van der Waals surface area (Å²) in [6, 6.07) is 0. The minimum absolute atomic E-state index is 0.00409. The summed E-state index contributed by atoms with van der Waals surface area (Å²) in [5, 5.41) is 0. The number of amides is 2. The molecule has 2 fully saturated rings. The summed E-state index contributed by atoms with van der Waals surface area (Å²) < 4.78 is 0. The Morgan fingerprint density at radius 1 is 1.44 bits per heavy atom. The van der Waals surface area contributed by atoms with Crippen LogP contribution in [0.15, 0.2) is 0 Å². The molecule has 0 saturated carbocycles.